The van der Waals surface area contributed by atoms with Gasteiger partial charge in [-0.05, 0) is 106 Å². The van der Waals surface area contributed by atoms with Crippen LogP contribution in [-0.4, -0.2) is 61.2 Å². The third-order valence-electron chi connectivity index (χ3n) is 12.8. The van der Waals surface area contributed by atoms with Crippen LogP contribution in [0.25, 0.3) is 11.0 Å². The van der Waals surface area contributed by atoms with Gasteiger partial charge >= 0.3 is 5.97 Å². The van der Waals surface area contributed by atoms with Crippen LogP contribution in [0.15, 0.2) is 75.7 Å². The number of esters is 1. The molecule has 308 valence electrons. The third kappa shape index (κ3) is 6.85. The molecule has 3 aromatic heterocycles. The summed E-state index contributed by atoms with van der Waals surface area (Å²) in [5.41, 5.74) is 10.0. The number of aromatic hydroxyl groups is 2. The molecule has 0 spiro atoms. The van der Waals surface area contributed by atoms with E-state index in [4.69, 9.17) is 19.6 Å². The first-order chi connectivity index (χ1) is 28.4. The van der Waals surface area contributed by atoms with Crippen molar-refractivity contribution in [1.82, 2.24) is 9.97 Å². The van der Waals surface area contributed by atoms with E-state index in [2.05, 4.69) is 15.3 Å². The lowest BCUT2D eigenvalue weighted by Gasteiger charge is -2.49. The quantitative estimate of drug-likeness (QED) is 0.0756. The molecule has 7 N–H and O–H groups in total. The summed E-state index contributed by atoms with van der Waals surface area (Å²) in [7, 11) is 0. The van der Waals surface area contributed by atoms with Crippen LogP contribution >= 0.6 is 0 Å². The highest BCUT2D eigenvalue weighted by atomic mass is 16.6. The summed E-state index contributed by atoms with van der Waals surface area (Å²) in [5, 5.41) is 48.2. The Morgan fingerprint density at radius 1 is 1.10 bits per heavy atom. The molecule has 2 aliphatic heterocycles. The predicted octanol–water partition coefficient (Wildman–Crippen LogP) is 6.27. The van der Waals surface area contributed by atoms with E-state index in [1.807, 2.05) is 44.3 Å². The highest BCUT2D eigenvalue weighted by Crippen LogP contribution is 2.58. The second kappa shape index (κ2) is 15.7. The Morgan fingerprint density at radius 2 is 1.92 bits per heavy atom. The maximum atomic E-state index is 14.1. The Morgan fingerprint density at radius 3 is 2.63 bits per heavy atom. The average Bonchev–Trinajstić information content (AvgIpc) is 3.27. The summed E-state index contributed by atoms with van der Waals surface area (Å²) >= 11 is 0. The molecule has 0 saturated carbocycles. The number of hydrogen-bond acceptors (Lipinski definition) is 13. The lowest BCUT2D eigenvalue weighted by atomic mass is 9.67. The van der Waals surface area contributed by atoms with Gasteiger partial charge in [-0.25, -0.2) is 14.8 Å². The Hall–Kier alpha value is -5.92. The van der Waals surface area contributed by atoms with Crippen molar-refractivity contribution in [2.24, 2.45) is 5.92 Å². The molecule has 0 radical (unpaired) electrons. The van der Waals surface area contributed by atoms with Crippen LogP contribution in [0.1, 0.15) is 103 Å². The second-order valence-corrected chi connectivity index (χ2v) is 16.2. The van der Waals surface area contributed by atoms with E-state index in [0.717, 1.165) is 28.6 Å². The van der Waals surface area contributed by atoms with E-state index >= 15 is 0 Å². The molecule has 6 atom stereocenters. The predicted molar refractivity (Wildman–Crippen MR) is 222 cm³/mol. The number of nitrogens with one attached hydrogen (secondary N) is 1. The van der Waals surface area contributed by atoms with Crippen molar-refractivity contribution in [1.29, 1.82) is 0 Å². The molecule has 0 unspecified atom stereocenters. The number of hydrogen-bond donors (Lipinski definition) is 6. The number of fused-ring (bicyclic) bond motifs is 5. The number of carbonyl (C=O) groups is 1. The molecule has 8 rings (SSSR count). The van der Waals surface area contributed by atoms with Crippen molar-refractivity contribution in [3.05, 3.63) is 121 Å². The minimum atomic E-state index is -1.29. The normalized spacial score (nSPS) is 23.6. The molecular weight excluding hydrogens is 753 g/mol. The number of ether oxygens (including phenoxy) is 2. The van der Waals surface area contributed by atoms with Gasteiger partial charge < -0.3 is 45.4 Å². The number of anilines is 2. The van der Waals surface area contributed by atoms with Crippen LogP contribution in [-0.2, 0) is 35.4 Å². The van der Waals surface area contributed by atoms with E-state index in [1.165, 1.54) is 0 Å². The number of nitrogen functional groups attached to an aromatic ring is 1. The van der Waals surface area contributed by atoms with Crippen molar-refractivity contribution >= 4 is 28.6 Å². The molecule has 0 amide bonds. The van der Waals surface area contributed by atoms with Crippen molar-refractivity contribution in [2.75, 3.05) is 24.2 Å². The van der Waals surface area contributed by atoms with Crippen LogP contribution in [0.2, 0.25) is 0 Å². The molecule has 2 aromatic carbocycles. The Kier molecular flexibility index (Phi) is 10.6. The topological polar surface area (TPSA) is 210 Å². The Bertz CT molecular complexity index is 2530. The number of pyridine rings is 2. The number of aryl methyl sites for hydroxylation is 1. The van der Waals surface area contributed by atoms with E-state index in [-0.39, 0.29) is 46.1 Å². The summed E-state index contributed by atoms with van der Waals surface area (Å²) in [6, 6.07) is 12.1. The van der Waals surface area contributed by atoms with Gasteiger partial charge in [0.2, 0.25) is 0 Å². The maximum absolute atomic E-state index is 14.1. The van der Waals surface area contributed by atoms with E-state index < -0.39 is 59.8 Å². The first-order valence-electron chi connectivity index (χ1n) is 20.2. The van der Waals surface area contributed by atoms with Gasteiger partial charge in [0.25, 0.3) is 0 Å². The zero-order valence-electron chi connectivity index (χ0n) is 33.6. The SMILES string of the molecule is C/C=C(/C)C(=O)O[C@@H]1Cc2c3c(c4oc(CO)cc(=O)c4c2O)[C@H]2c4ccnc(N)c4[C@@H](CCc4ccc(O)cc4[C@H]2CO)C[C@H](Cc2ccc(NCC)nc2)[C@]1(C)O3. The number of carbonyl (C=O) groups excluding carboxylic acids is 1. The molecule has 1 aliphatic carbocycles. The Balaban J connectivity index is 1.51. The van der Waals surface area contributed by atoms with Gasteiger partial charge in [0.05, 0.1) is 6.61 Å². The number of phenols is 2. The van der Waals surface area contributed by atoms with Gasteiger partial charge in [-0.2, -0.15) is 0 Å². The van der Waals surface area contributed by atoms with E-state index in [0.29, 0.717) is 60.3 Å². The highest BCUT2D eigenvalue weighted by molar-refractivity contribution is 5.92. The standard InChI is InChI=1S/C46H50N4O9/c1-5-23(3)45(56)58-35-19-32-41(55)39-34(54)18-29(21-51)57-43(39)40-38-30-13-14-49-44(47)37(30)26(9-8-25-10-11-28(53)17-31(25)33(38)22-52)16-27(46(35,4)59-42(32)40)15-24-7-12-36(48-6-2)50-20-24/h5,7,10-14,17-18,20,26-27,33,35,38,51-53,55H,6,8-9,15-16,19,21-22H2,1-4H3,(H2,47,49)(H,48,50)/b23-5-/t26-,27-,33+,35+,38-,46-/m0/s1. The summed E-state index contributed by atoms with van der Waals surface area (Å²) in [6.45, 7) is 7.04. The molecule has 5 heterocycles. The molecule has 13 nitrogen and oxygen atoms in total. The molecule has 4 bridgehead atoms. The van der Waals surface area contributed by atoms with Crippen LogP contribution in [0, 0.1) is 5.92 Å². The van der Waals surface area contributed by atoms with Gasteiger partial charge in [-0.3, -0.25) is 4.79 Å². The van der Waals surface area contributed by atoms with Crippen molar-refractivity contribution < 1.29 is 39.1 Å². The minimum Gasteiger partial charge on any atom is -0.508 e. The van der Waals surface area contributed by atoms with Crippen LogP contribution in [0.5, 0.6) is 17.2 Å². The monoisotopic (exact) mass is 802 g/mol. The van der Waals surface area contributed by atoms with Crippen LogP contribution in [0.3, 0.4) is 0 Å². The van der Waals surface area contributed by atoms with Gasteiger partial charge in [-0.1, -0.05) is 18.2 Å². The van der Waals surface area contributed by atoms with Crippen molar-refractivity contribution in [2.45, 2.75) is 95.9 Å². The van der Waals surface area contributed by atoms with Crippen molar-refractivity contribution in [3.63, 3.8) is 0 Å². The Labute approximate surface area is 341 Å². The smallest absolute Gasteiger partial charge is 0.333 e. The zero-order chi connectivity index (χ0) is 41.7. The lowest BCUT2D eigenvalue weighted by Crippen LogP contribution is -2.57. The number of nitrogens with two attached hydrogens (primary N) is 1. The molecule has 59 heavy (non-hydrogen) atoms. The summed E-state index contributed by atoms with van der Waals surface area (Å²) < 4.78 is 20.2. The molecule has 0 fully saturated rings. The lowest BCUT2D eigenvalue weighted by molar-refractivity contribution is -0.165. The molecular formula is C46H50N4O9. The molecule has 5 aromatic rings. The number of nitrogens with zero attached hydrogens (tertiary/aromatic N) is 2. The van der Waals surface area contributed by atoms with Gasteiger partial charge in [-0.15, -0.1) is 0 Å². The average molecular weight is 803 g/mol. The van der Waals surface area contributed by atoms with E-state index in [1.54, 1.807) is 38.3 Å². The summed E-state index contributed by atoms with van der Waals surface area (Å²) in [6.07, 6.45) is 6.20. The van der Waals surface area contributed by atoms with Gasteiger partial charge in [0, 0.05) is 71.4 Å². The number of aromatic nitrogens is 2. The number of benzene rings is 2. The summed E-state index contributed by atoms with van der Waals surface area (Å²) in [4.78, 5) is 37.1. The van der Waals surface area contributed by atoms with Crippen LogP contribution in [0.4, 0.5) is 11.6 Å². The number of aliphatic hydroxyl groups is 2. The molecule has 0 saturated heterocycles. The third-order valence-corrected chi connectivity index (χ3v) is 12.8. The zero-order valence-corrected chi connectivity index (χ0v) is 33.6. The van der Waals surface area contributed by atoms with Gasteiger partial charge in [0.1, 0.15) is 63.9 Å². The number of allylic oxidation sites excluding steroid dienone is 1. The fourth-order valence-electron chi connectivity index (χ4n) is 9.69. The molecule has 3 aliphatic rings. The first kappa shape index (κ1) is 39.9. The summed E-state index contributed by atoms with van der Waals surface area (Å²) in [5.74, 6) is -2.01. The number of rotatable bonds is 8. The largest absolute Gasteiger partial charge is 0.508 e. The minimum absolute atomic E-state index is 0.0148. The maximum Gasteiger partial charge on any atom is 0.333 e. The number of phenolic OH excluding ortho intramolecular Hbond substituents is 2. The second-order valence-electron chi connectivity index (χ2n) is 16.2. The fourth-order valence-corrected chi connectivity index (χ4v) is 9.69. The van der Waals surface area contributed by atoms with Crippen LogP contribution < -0.4 is 21.2 Å². The van der Waals surface area contributed by atoms with Crippen molar-refractivity contribution in [3.8, 4) is 17.2 Å². The first-order valence-corrected chi connectivity index (χ1v) is 20.2. The van der Waals surface area contributed by atoms with Gasteiger partial charge in [0.15, 0.2) is 5.43 Å². The fraction of sp³-hybridized carbons (Fsp3) is 0.391. The van der Waals surface area contributed by atoms with E-state index in [9.17, 15) is 30.0 Å². The number of aliphatic hydroxyl groups excluding tert-OH is 2. The molecule has 13 heteroatoms. The highest BCUT2D eigenvalue weighted by Gasteiger charge is 2.54.